The number of unbranched alkanes of at least 4 members (excludes halogenated alkanes) is 1. The van der Waals surface area contributed by atoms with E-state index in [1.54, 1.807) is 0 Å². The molecule has 0 radical (unpaired) electrons. The lowest BCUT2D eigenvalue weighted by molar-refractivity contribution is -0.146. The Morgan fingerprint density at radius 2 is 1.87 bits per heavy atom. The fourth-order valence-corrected chi connectivity index (χ4v) is 1.98. The van der Waals surface area contributed by atoms with E-state index in [1.807, 2.05) is 19.1 Å². The molecule has 3 nitrogen and oxygen atoms in total. The van der Waals surface area contributed by atoms with E-state index in [0.29, 0.717) is 19.3 Å². The minimum atomic E-state index is -0.839. The van der Waals surface area contributed by atoms with E-state index in [9.17, 15) is 9.59 Å². The van der Waals surface area contributed by atoms with Gasteiger partial charge in [-0.15, -0.1) is 0 Å². The Labute approximate surface area is 90.2 Å². The molecular formula is C12H18O3. The summed E-state index contributed by atoms with van der Waals surface area (Å²) in [6.45, 7) is 2.03. The Balaban J connectivity index is 2.60. The second kappa shape index (κ2) is 5.69. The number of allylic oxidation sites excluding steroid dienone is 2. The van der Waals surface area contributed by atoms with Crippen LogP contribution in [0.4, 0.5) is 0 Å². The fraction of sp³-hybridized carbons (Fsp3) is 0.667. The van der Waals surface area contributed by atoms with Crippen molar-refractivity contribution in [3.63, 3.8) is 0 Å². The van der Waals surface area contributed by atoms with Crippen molar-refractivity contribution < 1.29 is 14.7 Å². The highest BCUT2D eigenvalue weighted by atomic mass is 16.4. The third kappa shape index (κ3) is 3.18. The summed E-state index contributed by atoms with van der Waals surface area (Å²) < 4.78 is 0. The number of carbonyl (C=O) groups excluding carboxylic acids is 1. The Bertz CT molecular complexity index is 268. The predicted molar refractivity (Wildman–Crippen MR) is 57.5 cm³/mol. The van der Waals surface area contributed by atoms with Gasteiger partial charge in [0.05, 0.1) is 5.92 Å². The highest BCUT2D eigenvalue weighted by molar-refractivity contribution is 5.86. The summed E-state index contributed by atoms with van der Waals surface area (Å²) in [5, 5.41) is 9.00. The molecule has 0 amide bonds. The van der Waals surface area contributed by atoms with Gasteiger partial charge < -0.3 is 5.11 Å². The first-order valence-corrected chi connectivity index (χ1v) is 5.57. The molecule has 0 saturated carbocycles. The molecule has 0 bridgehead atoms. The molecule has 0 aromatic heterocycles. The molecule has 1 rings (SSSR count). The van der Waals surface area contributed by atoms with Gasteiger partial charge in [0.25, 0.3) is 0 Å². The standard InChI is InChI=1S/C12H18O3/c1-2-3-8-11(13)9-6-4-5-7-10(9)12(14)15/h4-5,9-10H,2-3,6-8H2,1H3,(H,14,15). The van der Waals surface area contributed by atoms with Crippen LogP contribution in [0.25, 0.3) is 0 Å². The quantitative estimate of drug-likeness (QED) is 0.709. The van der Waals surface area contributed by atoms with Gasteiger partial charge in [0, 0.05) is 12.3 Å². The van der Waals surface area contributed by atoms with E-state index < -0.39 is 11.9 Å². The monoisotopic (exact) mass is 210 g/mol. The van der Waals surface area contributed by atoms with Gasteiger partial charge in [-0.1, -0.05) is 25.5 Å². The molecule has 3 heteroatoms. The summed E-state index contributed by atoms with van der Waals surface area (Å²) >= 11 is 0. The molecule has 1 N–H and O–H groups in total. The molecule has 0 saturated heterocycles. The molecular weight excluding hydrogens is 192 g/mol. The van der Waals surface area contributed by atoms with Gasteiger partial charge in [-0.3, -0.25) is 9.59 Å². The molecule has 84 valence electrons. The number of ketones is 1. The van der Waals surface area contributed by atoms with Crippen molar-refractivity contribution in [3.05, 3.63) is 12.2 Å². The van der Waals surface area contributed by atoms with Gasteiger partial charge in [-0.2, -0.15) is 0 Å². The van der Waals surface area contributed by atoms with Gasteiger partial charge in [0.15, 0.2) is 0 Å². The van der Waals surface area contributed by atoms with Gasteiger partial charge in [0.2, 0.25) is 0 Å². The van der Waals surface area contributed by atoms with Gasteiger partial charge in [-0.25, -0.2) is 0 Å². The Morgan fingerprint density at radius 1 is 1.27 bits per heavy atom. The molecule has 0 aromatic rings. The van der Waals surface area contributed by atoms with Crippen molar-refractivity contribution in [2.45, 2.75) is 39.0 Å². The summed E-state index contributed by atoms with van der Waals surface area (Å²) in [6.07, 6.45) is 7.25. The van der Waals surface area contributed by atoms with Crippen molar-refractivity contribution in [3.8, 4) is 0 Å². The molecule has 0 aromatic carbocycles. The number of hydrogen-bond acceptors (Lipinski definition) is 2. The van der Waals surface area contributed by atoms with E-state index in [2.05, 4.69) is 0 Å². The molecule has 15 heavy (non-hydrogen) atoms. The van der Waals surface area contributed by atoms with E-state index in [0.717, 1.165) is 12.8 Å². The average molecular weight is 210 g/mol. The zero-order valence-electron chi connectivity index (χ0n) is 9.11. The summed E-state index contributed by atoms with van der Waals surface area (Å²) in [5.41, 5.74) is 0. The average Bonchev–Trinajstić information content (AvgIpc) is 2.25. The zero-order chi connectivity index (χ0) is 11.3. The molecule has 2 atom stereocenters. The lowest BCUT2D eigenvalue weighted by Gasteiger charge is -2.23. The van der Waals surface area contributed by atoms with Crippen molar-refractivity contribution >= 4 is 11.8 Å². The van der Waals surface area contributed by atoms with E-state index in [4.69, 9.17) is 5.11 Å². The Hall–Kier alpha value is -1.12. The maximum absolute atomic E-state index is 11.8. The van der Waals surface area contributed by atoms with Crippen LogP contribution in [-0.2, 0) is 9.59 Å². The van der Waals surface area contributed by atoms with Crippen molar-refractivity contribution in [2.24, 2.45) is 11.8 Å². The molecule has 0 aliphatic heterocycles. The minimum absolute atomic E-state index is 0.119. The van der Waals surface area contributed by atoms with Crippen molar-refractivity contribution in [1.82, 2.24) is 0 Å². The molecule has 2 unspecified atom stereocenters. The molecule has 1 aliphatic carbocycles. The third-order valence-corrected chi connectivity index (χ3v) is 2.94. The number of carboxylic acid groups (broad SMARTS) is 1. The summed E-state index contributed by atoms with van der Waals surface area (Å²) in [6, 6.07) is 0. The normalized spacial score (nSPS) is 25.1. The minimum Gasteiger partial charge on any atom is -0.481 e. The van der Waals surface area contributed by atoms with E-state index in [-0.39, 0.29) is 11.7 Å². The number of Topliss-reactive ketones (excluding diaryl/α,β-unsaturated/α-hetero) is 1. The van der Waals surface area contributed by atoms with Crippen LogP contribution in [0.1, 0.15) is 39.0 Å². The first-order valence-electron chi connectivity index (χ1n) is 5.57. The van der Waals surface area contributed by atoms with Gasteiger partial charge in [-0.05, 0) is 19.3 Å². The van der Waals surface area contributed by atoms with Gasteiger partial charge >= 0.3 is 5.97 Å². The molecule has 0 fully saturated rings. The number of rotatable bonds is 5. The smallest absolute Gasteiger partial charge is 0.307 e. The lowest BCUT2D eigenvalue weighted by atomic mass is 9.79. The first-order chi connectivity index (χ1) is 7.16. The Morgan fingerprint density at radius 3 is 2.40 bits per heavy atom. The van der Waals surface area contributed by atoms with Gasteiger partial charge in [0.1, 0.15) is 5.78 Å². The Kier molecular flexibility index (Phi) is 4.53. The van der Waals surface area contributed by atoms with Crippen LogP contribution < -0.4 is 0 Å². The lowest BCUT2D eigenvalue weighted by Crippen LogP contribution is -2.31. The van der Waals surface area contributed by atoms with Crippen LogP contribution in [0.3, 0.4) is 0 Å². The molecule has 1 aliphatic rings. The van der Waals surface area contributed by atoms with E-state index in [1.165, 1.54) is 0 Å². The highest BCUT2D eigenvalue weighted by Crippen LogP contribution is 2.28. The van der Waals surface area contributed by atoms with Crippen molar-refractivity contribution in [1.29, 1.82) is 0 Å². The summed E-state index contributed by atoms with van der Waals surface area (Å²) in [5.74, 6) is -1.51. The number of carbonyl (C=O) groups is 2. The topological polar surface area (TPSA) is 54.4 Å². The zero-order valence-corrected chi connectivity index (χ0v) is 9.11. The molecule has 0 heterocycles. The van der Waals surface area contributed by atoms with Crippen LogP contribution >= 0.6 is 0 Å². The van der Waals surface area contributed by atoms with Crippen LogP contribution in [0.5, 0.6) is 0 Å². The number of hydrogen-bond donors (Lipinski definition) is 1. The summed E-state index contributed by atoms with van der Waals surface area (Å²) in [4.78, 5) is 22.7. The SMILES string of the molecule is CCCCC(=O)C1CC=CCC1C(=O)O. The summed E-state index contributed by atoms with van der Waals surface area (Å²) in [7, 11) is 0. The third-order valence-electron chi connectivity index (χ3n) is 2.94. The fourth-order valence-electron chi connectivity index (χ4n) is 1.98. The van der Waals surface area contributed by atoms with Crippen LogP contribution in [0.2, 0.25) is 0 Å². The van der Waals surface area contributed by atoms with Crippen LogP contribution in [-0.4, -0.2) is 16.9 Å². The van der Waals surface area contributed by atoms with Crippen molar-refractivity contribution in [2.75, 3.05) is 0 Å². The van der Waals surface area contributed by atoms with E-state index >= 15 is 0 Å². The predicted octanol–water partition coefficient (Wildman–Crippen LogP) is 2.41. The number of carboxylic acids is 1. The highest BCUT2D eigenvalue weighted by Gasteiger charge is 2.32. The number of aliphatic carboxylic acids is 1. The second-order valence-corrected chi connectivity index (χ2v) is 4.06. The molecule has 0 spiro atoms. The second-order valence-electron chi connectivity index (χ2n) is 4.06. The van der Waals surface area contributed by atoms with Crippen LogP contribution in [0, 0.1) is 11.8 Å². The van der Waals surface area contributed by atoms with Crippen LogP contribution in [0.15, 0.2) is 12.2 Å². The maximum atomic E-state index is 11.8. The maximum Gasteiger partial charge on any atom is 0.307 e. The first kappa shape index (κ1) is 12.0. The largest absolute Gasteiger partial charge is 0.481 e.